The normalized spacial score (nSPS) is 15.2. The third-order valence-corrected chi connectivity index (χ3v) is 5.61. The highest BCUT2D eigenvalue weighted by molar-refractivity contribution is 7.85. The van der Waals surface area contributed by atoms with Gasteiger partial charge in [-0.3, -0.25) is 4.55 Å². The van der Waals surface area contributed by atoms with E-state index < -0.39 is 10.1 Å². The molecule has 0 bridgehead atoms. The van der Waals surface area contributed by atoms with Gasteiger partial charge in [-0.2, -0.15) is 8.42 Å². The molecule has 1 aromatic carbocycles. The minimum Gasteiger partial charge on any atom is -0.282 e. The Morgan fingerprint density at radius 1 is 1.10 bits per heavy atom. The molecule has 0 saturated heterocycles. The van der Waals surface area contributed by atoms with Crippen molar-refractivity contribution in [3.63, 3.8) is 0 Å². The van der Waals surface area contributed by atoms with Gasteiger partial charge in [0.2, 0.25) is 0 Å². The SMILES string of the molecule is CC(C)(C)c1cc(S(=O)(=O)O)ccc1C(P)C(C)(C)C. The summed E-state index contributed by atoms with van der Waals surface area (Å²) in [5.41, 5.74) is 2.09. The van der Waals surface area contributed by atoms with Crippen molar-refractivity contribution in [1.29, 1.82) is 0 Å². The summed E-state index contributed by atoms with van der Waals surface area (Å²) < 4.78 is 31.9. The summed E-state index contributed by atoms with van der Waals surface area (Å²) >= 11 is 0. The Morgan fingerprint density at radius 2 is 1.60 bits per heavy atom. The van der Waals surface area contributed by atoms with Gasteiger partial charge in [0, 0.05) is 5.66 Å². The first kappa shape index (κ1) is 17.6. The van der Waals surface area contributed by atoms with Gasteiger partial charge in [0.15, 0.2) is 0 Å². The van der Waals surface area contributed by atoms with Crippen LogP contribution in [0.15, 0.2) is 23.1 Å². The zero-order valence-electron chi connectivity index (χ0n) is 13.1. The monoisotopic (exact) mass is 316 g/mol. The second-order valence-electron chi connectivity index (χ2n) is 7.32. The Labute approximate surface area is 125 Å². The molecule has 3 nitrogen and oxygen atoms in total. The zero-order valence-corrected chi connectivity index (χ0v) is 15.0. The predicted octanol–water partition coefficient (Wildman–Crippen LogP) is 4.19. The molecule has 0 aliphatic rings. The van der Waals surface area contributed by atoms with Gasteiger partial charge >= 0.3 is 0 Å². The van der Waals surface area contributed by atoms with Gasteiger partial charge in [-0.15, -0.1) is 9.24 Å². The van der Waals surface area contributed by atoms with E-state index in [0.29, 0.717) is 0 Å². The molecule has 0 radical (unpaired) electrons. The maximum absolute atomic E-state index is 11.3. The summed E-state index contributed by atoms with van der Waals surface area (Å²) in [6.07, 6.45) is 0. The summed E-state index contributed by atoms with van der Waals surface area (Å²) in [6.45, 7) is 12.6. The van der Waals surface area contributed by atoms with Crippen molar-refractivity contribution in [2.75, 3.05) is 0 Å². The predicted molar refractivity (Wildman–Crippen MR) is 86.9 cm³/mol. The highest BCUT2D eigenvalue weighted by Crippen LogP contribution is 2.44. The second-order valence-corrected chi connectivity index (χ2v) is 9.41. The van der Waals surface area contributed by atoms with Crippen molar-refractivity contribution < 1.29 is 13.0 Å². The molecule has 0 amide bonds. The fraction of sp³-hybridized carbons (Fsp3) is 0.600. The average Bonchev–Trinajstić information content (AvgIpc) is 2.23. The number of rotatable bonds is 2. The van der Waals surface area contributed by atoms with E-state index in [9.17, 15) is 13.0 Å². The molecule has 0 saturated carbocycles. The topological polar surface area (TPSA) is 54.4 Å². The van der Waals surface area contributed by atoms with Crippen LogP contribution in [0.1, 0.15) is 58.3 Å². The van der Waals surface area contributed by atoms with Crippen LogP contribution in [0.3, 0.4) is 0 Å². The van der Waals surface area contributed by atoms with Crippen LogP contribution in [0.4, 0.5) is 0 Å². The van der Waals surface area contributed by atoms with Gasteiger partial charge in [-0.25, -0.2) is 0 Å². The standard InChI is InChI=1S/C15H25O3PS/c1-14(2,3)12-9-10(20(16,17)18)7-8-11(12)13(19)15(4,5)6/h7-9,13H,19H2,1-6H3,(H,16,17,18). The molecule has 114 valence electrons. The molecule has 2 unspecified atom stereocenters. The van der Waals surface area contributed by atoms with Crippen molar-refractivity contribution in [2.45, 2.75) is 57.5 Å². The van der Waals surface area contributed by atoms with Crippen molar-refractivity contribution in [3.05, 3.63) is 29.3 Å². The lowest BCUT2D eigenvalue weighted by atomic mass is 9.78. The highest BCUT2D eigenvalue weighted by Gasteiger charge is 2.29. The lowest BCUT2D eigenvalue weighted by Crippen LogP contribution is -2.21. The zero-order chi connectivity index (χ0) is 15.9. The van der Waals surface area contributed by atoms with Crippen LogP contribution >= 0.6 is 9.24 Å². The van der Waals surface area contributed by atoms with Crippen molar-refractivity contribution in [1.82, 2.24) is 0 Å². The third-order valence-electron chi connectivity index (χ3n) is 3.40. The quantitative estimate of drug-likeness (QED) is 0.657. The molecule has 0 heterocycles. The lowest BCUT2D eigenvalue weighted by molar-refractivity contribution is 0.396. The van der Waals surface area contributed by atoms with Gasteiger partial charge in [0.1, 0.15) is 0 Å². The smallest absolute Gasteiger partial charge is 0.282 e. The maximum atomic E-state index is 11.3. The second kappa shape index (κ2) is 5.40. The molecular weight excluding hydrogens is 291 g/mol. The third kappa shape index (κ3) is 4.03. The highest BCUT2D eigenvalue weighted by atomic mass is 32.2. The lowest BCUT2D eigenvalue weighted by Gasteiger charge is -2.33. The van der Waals surface area contributed by atoms with Crippen LogP contribution in [-0.2, 0) is 15.5 Å². The summed E-state index contributed by atoms with van der Waals surface area (Å²) in [7, 11) is -1.33. The van der Waals surface area contributed by atoms with Crippen LogP contribution in [-0.4, -0.2) is 13.0 Å². The van der Waals surface area contributed by atoms with E-state index in [0.717, 1.165) is 11.1 Å². The Balaban J connectivity index is 3.56. The molecule has 0 aliphatic carbocycles. The first-order valence-corrected chi connectivity index (χ1v) is 8.73. The van der Waals surface area contributed by atoms with E-state index in [4.69, 9.17) is 0 Å². The van der Waals surface area contributed by atoms with Crippen LogP contribution < -0.4 is 0 Å². The molecule has 0 aliphatic heterocycles. The van der Waals surface area contributed by atoms with Crippen molar-refractivity contribution in [3.8, 4) is 0 Å². The summed E-state index contributed by atoms with van der Waals surface area (Å²) in [5.74, 6) is 0. The van der Waals surface area contributed by atoms with Crippen LogP contribution in [0.25, 0.3) is 0 Å². The molecule has 0 spiro atoms. The molecule has 1 rings (SSSR count). The van der Waals surface area contributed by atoms with Gasteiger partial charge in [0.05, 0.1) is 4.90 Å². The maximum Gasteiger partial charge on any atom is 0.294 e. The van der Waals surface area contributed by atoms with Gasteiger partial charge in [0.25, 0.3) is 10.1 Å². The Bertz CT molecular complexity index is 593. The molecule has 0 aromatic heterocycles. The van der Waals surface area contributed by atoms with E-state index in [2.05, 4.69) is 30.0 Å². The molecule has 2 atom stereocenters. The van der Waals surface area contributed by atoms with Gasteiger partial charge < -0.3 is 0 Å². The van der Waals surface area contributed by atoms with E-state index in [1.165, 1.54) is 6.07 Å². The summed E-state index contributed by atoms with van der Waals surface area (Å²) in [6, 6.07) is 4.88. The van der Waals surface area contributed by atoms with E-state index >= 15 is 0 Å². The fourth-order valence-electron chi connectivity index (χ4n) is 2.08. The minimum absolute atomic E-state index is 0.0442. The number of hydrogen-bond acceptors (Lipinski definition) is 2. The van der Waals surface area contributed by atoms with E-state index in [1.54, 1.807) is 6.07 Å². The van der Waals surface area contributed by atoms with Crippen molar-refractivity contribution >= 4 is 19.4 Å². The Morgan fingerprint density at radius 3 is 1.95 bits per heavy atom. The van der Waals surface area contributed by atoms with Crippen LogP contribution in [0.2, 0.25) is 0 Å². The molecule has 1 N–H and O–H groups in total. The number of hydrogen-bond donors (Lipinski definition) is 1. The molecule has 5 heteroatoms. The molecular formula is C15H25O3PS. The van der Waals surface area contributed by atoms with Crippen LogP contribution in [0, 0.1) is 5.41 Å². The largest absolute Gasteiger partial charge is 0.294 e. The first-order valence-electron chi connectivity index (χ1n) is 6.62. The summed E-state index contributed by atoms with van der Waals surface area (Å²) in [4.78, 5) is -0.0442. The summed E-state index contributed by atoms with van der Waals surface area (Å²) in [5, 5.41) is 0. The average molecular weight is 316 g/mol. The number of benzene rings is 1. The Hall–Kier alpha value is -0.440. The molecule has 0 fully saturated rings. The van der Waals surface area contributed by atoms with E-state index in [1.807, 2.05) is 26.8 Å². The molecule has 20 heavy (non-hydrogen) atoms. The fourth-order valence-corrected chi connectivity index (χ4v) is 2.88. The van der Waals surface area contributed by atoms with Gasteiger partial charge in [-0.05, 0) is 34.1 Å². The molecule has 1 aromatic rings. The van der Waals surface area contributed by atoms with E-state index in [-0.39, 0.29) is 21.4 Å². The van der Waals surface area contributed by atoms with Crippen LogP contribution in [0.5, 0.6) is 0 Å². The first-order chi connectivity index (χ1) is 8.74. The van der Waals surface area contributed by atoms with Crippen molar-refractivity contribution in [2.24, 2.45) is 5.41 Å². The van der Waals surface area contributed by atoms with Gasteiger partial charge in [-0.1, -0.05) is 47.6 Å². The Kier molecular flexibility index (Phi) is 4.75. The minimum atomic E-state index is -4.17.